The van der Waals surface area contributed by atoms with Crippen molar-refractivity contribution in [1.82, 2.24) is 20.3 Å². The minimum atomic E-state index is -1.07. The number of carbonyl (C=O) groups excluding carboxylic acids is 1. The quantitative estimate of drug-likeness (QED) is 0.683. The maximum absolute atomic E-state index is 12.2. The Kier molecular flexibility index (Phi) is 4.63. The van der Waals surface area contributed by atoms with Gasteiger partial charge in [-0.25, -0.2) is 9.97 Å². The van der Waals surface area contributed by atoms with E-state index < -0.39 is 5.41 Å². The summed E-state index contributed by atoms with van der Waals surface area (Å²) in [6.07, 6.45) is 3.12. The highest BCUT2D eigenvalue weighted by molar-refractivity contribution is 6.34. The first-order valence-electron chi connectivity index (χ1n) is 8.49. The number of H-pyrrole nitrogens is 1. The van der Waals surface area contributed by atoms with Crippen molar-refractivity contribution in [3.63, 3.8) is 0 Å². The van der Waals surface area contributed by atoms with Gasteiger partial charge in [0.2, 0.25) is 11.8 Å². The Balaban J connectivity index is 1.55. The number of nitriles is 1. The molecule has 9 heteroatoms. The van der Waals surface area contributed by atoms with Crippen LogP contribution in [-0.4, -0.2) is 41.2 Å². The van der Waals surface area contributed by atoms with E-state index in [9.17, 15) is 10.1 Å². The molecule has 8 nitrogen and oxygen atoms in total. The number of aromatic nitrogens is 3. The van der Waals surface area contributed by atoms with E-state index in [0.29, 0.717) is 16.6 Å². The topological polar surface area (TPSA) is 113 Å². The highest BCUT2D eigenvalue weighted by atomic mass is 35.5. The number of nitrogens with one attached hydrogen (secondary N) is 2. The fraction of sp³-hybridized carbons (Fsp3) is 0.263. The minimum Gasteiger partial charge on any atom is -0.480 e. The van der Waals surface area contributed by atoms with Crippen LogP contribution < -0.4 is 10.1 Å². The largest absolute Gasteiger partial charge is 0.480 e. The van der Waals surface area contributed by atoms with Gasteiger partial charge in [0.05, 0.1) is 56.0 Å². The average molecular weight is 398 g/mol. The maximum Gasteiger partial charge on any atom is 0.245 e. The molecule has 1 aromatic carbocycles. The van der Waals surface area contributed by atoms with Gasteiger partial charge in [-0.2, -0.15) is 5.26 Å². The van der Waals surface area contributed by atoms with E-state index in [1.165, 1.54) is 13.3 Å². The Hall–Kier alpha value is -3.15. The fourth-order valence-electron chi connectivity index (χ4n) is 2.96. The van der Waals surface area contributed by atoms with Crippen molar-refractivity contribution in [2.75, 3.05) is 20.3 Å². The number of benzene rings is 1. The van der Waals surface area contributed by atoms with E-state index in [4.69, 9.17) is 21.1 Å². The summed E-state index contributed by atoms with van der Waals surface area (Å²) < 4.78 is 10.0. The molecular weight excluding hydrogens is 382 g/mol. The van der Waals surface area contributed by atoms with E-state index in [0.717, 1.165) is 22.2 Å². The van der Waals surface area contributed by atoms with Crippen molar-refractivity contribution in [2.24, 2.45) is 5.41 Å². The molecule has 3 heterocycles. The van der Waals surface area contributed by atoms with Crippen LogP contribution in [0.15, 0.2) is 30.6 Å². The second kappa shape index (κ2) is 7.11. The smallest absolute Gasteiger partial charge is 0.245 e. The molecule has 1 saturated heterocycles. The van der Waals surface area contributed by atoms with Crippen molar-refractivity contribution in [3.05, 3.63) is 41.3 Å². The summed E-state index contributed by atoms with van der Waals surface area (Å²) in [6.45, 7) is 0.528. The lowest BCUT2D eigenvalue weighted by molar-refractivity contribution is -0.150. The first-order valence-corrected chi connectivity index (χ1v) is 8.87. The van der Waals surface area contributed by atoms with E-state index in [2.05, 4.69) is 20.3 Å². The highest BCUT2D eigenvalue weighted by Crippen LogP contribution is 2.32. The van der Waals surface area contributed by atoms with Gasteiger partial charge in [0, 0.05) is 22.2 Å². The number of nitrogens with zero attached hydrogens (tertiary/aromatic N) is 3. The molecule has 0 radical (unpaired) electrons. The summed E-state index contributed by atoms with van der Waals surface area (Å²) in [5.74, 6) is 0.0954. The van der Waals surface area contributed by atoms with Gasteiger partial charge in [-0.15, -0.1) is 0 Å². The molecule has 3 aromatic rings. The number of hydrogen-bond acceptors (Lipinski definition) is 6. The zero-order valence-corrected chi connectivity index (χ0v) is 15.7. The average Bonchev–Trinajstić information content (AvgIpc) is 3.07. The third kappa shape index (κ3) is 3.15. The third-order valence-corrected chi connectivity index (χ3v) is 4.98. The monoisotopic (exact) mass is 397 g/mol. The van der Waals surface area contributed by atoms with E-state index in [-0.39, 0.29) is 25.7 Å². The number of rotatable bonds is 5. The Labute approximate surface area is 165 Å². The van der Waals surface area contributed by atoms with Gasteiger partial charge in [0.15, 0.2) is 5.41 Å². The molecular formula is C19H16ClN5O3. The van der Waals surface area contributed by atoms with Gasteiger partial charge < -0.3 is 19.8 Å². The summed E-state index contributed by atoms with van der Waals surface area (Å²) in [5, 5.41) is 13.4. The molecule has 0 unspecified atom stereocenters. The Morgan fingerprint density at radius 1 is 1.39 bits per heavy atom. The van der Waals surface area contributed by atoms with Crippen LogP contribution in [0.4, 0.5) is 0 Å². The molecule has 1 aliphatic rings. The molecule has 1 amide bonds. The summed E-state index contributed by atoms with van der Waals surface area (Å²) in [7, 11) is 1.53. The molecule has 2 N–H and O–H groups in total. The van der Waals surface area contributed by atoms with Gasteiger partial charge in [-0.3, -0.25) is 4.79 Å². The molecule has 28 heavy (non-hydrogen) atoms. The van der Waals surface area contributed by atoms with Gasteiger partial charge in [0.1, 0.15) is 0 Å². The Morgan fingerprint density at radius 3 is 2.82 bits per heavy atom. The number of methoxy groups -OCH3 is 1. The summed E-state index contributed by atoms with van der Waals surface area (Å²) in [5.41, 5.74) is 1.93. The molecule has 142 valence electrons. The molecule has 0 bridgehead atoms. The molecule has 0 aliphatic carbocycles. The molecule has 1 fully saturated rings. The molecule has 1 aliphatic heterocycles. The third-order valence-electron chi connectivity index (χ3n) is 4.66. The van der Waals surface area contributed by atoms with Gasteiger partial charge in [0.25, 0.3) is 0 Å². The number of halogens is 1. The van der Waals surface area contributed by atoms with Gasteiger partial charge in [-0.1, -0.05) is 11.6 Å². The van der Waals surface area contributed by atoms with Gasteiger partial charge in [-0.05, 0) is 18.2 Å². The summed E-state index contributed by atoms with van der Waals surface area (Å²) >= 11 is 6.42. The van der Waals surface area contributed by atoms with Crippen molar-refractivity contribution in [1.29, 1.82) is 5.26 Å². The molecule has 0 spiro atoms. The molecule has 0 saturated carbocycles. The second-order valence-corrected chi connectivity index (χ2v) is 6.93. The number of carbonyl (C=O) groups is 1. The lowest BCUT2D eigenvalue weighted by atomic mass is 9.87. The van der Waals surface area contributed by atoms with Crippen LogP contribution in [0.1, 0.15) is 5.69 Å². The minimum absolute atomic E-state index is 0.129. The van der Waals surface area contributed by atoms with Crippen LogP contribution in [0.5, 0.6) is 5.88 Å². The van der Waals surface area contributed by atoms with Crippen LogP contribution >= 0.6 is 11.6 Å². The lowest BCUT2D eigenvalue weighted by Gasteiger charge is -2.33. The zero-order chi connectivity index (χ0) is 19.7. The normalized spacial score (nSPS) is 14.9. The van der Waals surface area contributed by atoms with Crippen LogP contribution in [0.3, 0.4) is 0 Å². The van der Waals surface area contributed by atoms with Crippen LogP contribution in [0.2, 0.25) is 5.02 Å². The SMILES string of the molecule is COc1cnc(-c2cc3[nH]c(CNC(=O)C4(C#N)COC4)cc3cc2Cl)cn1. The van der Waals surface area contributed by atoms with E-state index >= 15 is 0 Å². The number of aromatic amines is 1. The lowest BCUT2D eigenvalue weighted by Crippen LogP contribution is -2.52. The first kappa shape index (κ1) is 18.2. The summed E-state index contributed by atoms with van der Waals surface area (Å²) in [6, 6.07) is 7.65. The van der Waals surface area contributed by atoms with Crippen molar-refractivity contribution in [3.8, 4) is 23.2 Å². The van der Waals surface area contributed by atoms with Crippen LogP contribution in [0, 0.1) is 16.7 Å². The second-order valence-electron chi connectivity index (χ2n) is 6.53. The van der Waals surface area contributed by atoms with E-state index in [1.807, 2.05) is 24.3 Å². The first-order chi connectivity index (χ1) is 13.5. The van der Waals surface area contributed by atoms with Crippen molar-refractivity contribution >= 4 is 28.4 Å². The van der Waals surface area contributed by atoms with E-state index in [1.54, 1.807) is 6.20 Å². The Bertz CT molecular complexity index is 1080. The van der Waals surface area contributed by atoms with Crippen molar-refractivity contribution in [2.45, 2.75) is 6.54 Å². The number of amides is 1. The van der Waals surface area contributed by atoms with Crippen LogP contribution in [-0.2, 0) is 16.1 Å². The standard InChI is InChI=1S/C19H16ClN5O3/c1-27-17-7-22-16(6-23-17)13-4-15-11(3-14(13)20)2-12(25-15)5-24-18(26)19(8-21)9-28-10-19/h2-4,6-7,25H,5,9-10H2,1H3,(H,24,26). The Morgan fingerprint density at radius 2 is 2.21 bits per heavy atom. The summed E-state index contributed by atoms with van der Waals surface area (Å²) in [4.78, 5) is 24.0. The van der Waals surface area contributed by atoms with Crippen LogP contribution in [0.25, 0.3) is 22.2 Å². The predicted molar refractivity (Wildman–Crippen MR) is 102 cm³/mol. The highest BCUT2D eigenvalue weighted by Gasteiger charge is 2.46. The molecule has 0 atom stereocenters. The zero-order valence-electron chi connectivity index (χ0n) is 15.0. The number of fused-ring (bicyclic) bond motifs is 1. The number of hydrogen-bond donors (Lipinski definition) is 2. The predicted octanol–water partition coefficient (Wildman–Crippen LogP) is 2.44. The number of ether oxygens (including phenoxy) is 2. The molecule has 4 rings (SSSR count). The van der Waals surface area contributed by atoms with Gasteiger partial charge >= 0.3 is 0 Å². The fourth-order valence-corrected chi connectivity index (χ4v) is 3.23. The van der Waals surface area contributed by atoms with Crippen molar-refractivity contribution < 1.29 is 14.3 Å². The molecule has 2 aromatic heterocycles. The maximum atomic E-state index is 12.2.